The Kier molecular flexibility index (Phi) is 1.31. The van der Waals surface area contributed by atoms with Crippen LogP contribution in [0, 0.1) is 6.92 Å². The first-order valence-corrected chi connectivity index (χ1v) is 3.88. The van der Waals surface area contributed by atoms with Crippen LogP contribution < -0.4 is 0 Å². The number of hydrogen-bond donors (Lipinski definition) is 0. The van der Waals surface area contributed by atoms with Gasteiger partial charge in [0.1, 0.15) is 0 Å². The first-order chi connectivity index (χ1) is 5.25. The third-order valence-electron chi connectivity index (χ3n) is 1.99. The second-order valence-electron chi connectivity index (χ2n) is 3.22. The van der Waals surface area contributed by atoms with E-state index in [-0.39, 0.29) is 0 Å². The lowest BCUT2D eigenvalue weighted by Gasteiger charge is -1.97. The molecular formula is C10H11N. The van der Waals surface area contributed by atoms with Crippen molar-refractivity contribution in [2.75, 3.05) is 0 Å². The summed E-state index contributed by atoms with van der Waals surface area (Å²) in [4.78, 5) is 4.36. The van der Waals surface area contributed by atoms with Gasteiger partial charge >= 0.3 is 0 Å². The largest absolute Gasteiger partial charge is 0.260 e. The molecule has 0 unspecified atom stereocenters. The lowest BCUT2D eigenvalue weighted by molar-refractivity contribution is 1.07. The molecule has 0 aliphatic heterocycles. The van der Waals surface area contributed by atoms with Gasteiger partial charge in [-0.05, 0) is 31.0 Å². The van der Waals surface area contributed by atoms with Crippen LogP contribution in [0.2, 0.25) is 0 Å². The molecule has 11 heavy (non-hydrogen) atoms. The number of hydrogen-bond acceptors (Lipinski definition) is 1. The summed E-state index contributed by atoms with van der Waals surface area (Å²) in [5.41, 5.74) is 5.20. The summed E-state index contributed by atoms with van der Waals surface area (Å²) in [5, 5.41) is 0. The van der Waals surface area contributed by atoms with E-state index in [1.165, 1.54) is 22.4 Å². The highest BCUT2D eigenvalue weighted by molar-refractivity contribution is 5.61. The van der Waals surface area contributed by atoms with Gasteiger partial charge in [0.25, 0.3) is 0 Å². The molecule has 56 valence electrons. The molecule has 1 aromatic rings. The summed E-state index contributed by atoms with van der Waals surface area (Å²) in [7, 11) is 0. The van der Waals surface area contributed by atoms with Gasteiger partial charge in [0.2, 0.25) is 0 Å². The van der Waals surface area contributed by atoms with Gasteiger partial charge in [-0.2, -0.15) is 0 Å². The standard InChI is InChI=1S/C10H11N/c1-7-3-9-4-8(2)6-11-10(9)5-7/h3-4,6H,5H2,1-2H3. The zero-order chi connectivity index (χ0) is 7.84. The normalized spacial score (nSPS) is 14.5. The first kappa shape index (κ1) is 6.59. The van der Waals surface area contributed by atoms with Crippen molar-refractivity contribution in [1.29, 1.82) is 0 Å². The molecule has 0 bridgehead atoms. The summed E-state index contributed by atoms with van der Waals surface area (Å²) >= 11 is 0. The number of aryl methyl sites for hydroxylation is 1. The topological polar surface area (TPSA) is 12.9 Å². The molecular weight excluding hydrogens is 134 g/mol. The minimum absolute atomic E-state index is 1.04. The van der Waals surface area contributed by atoms with E-state index in [1.807, 2.05) is 6.20 Å². The Morgan fingerprint density at radius 2 is 2.18 bits per heavy atom. The summed E-state index contributed by atoms with van der Waals surface area (Å²) in [6.07, 6.45) is 5.19. The van der Waals surface area contributed by atoms with E-state index < -0.39 is 0 Å². The Morgan fingerprint density at radius 3 is 3.00 bits per heavy atom. The molecule has 0 amide bonds. The lowest BCUT2D eigenvalue weighted by atomic mass is 10.2. The average molecular weight is 145 g/mol. The van der Waals surface area contributed by atoms with E-state index in [0.717, 1.165) is 6.42 Å². The van der Waals surface area contributed by atoms with Crippen molar-refractivity contribution in [3.8, 4) is 0 Å². The van der Waals surface area contributed by atoms with Crippen LogP contribution in [-0.2, 0) is 6.42 Å². The summed E-state index contributed by atoms with van der Waals surface area (Å²) < 4.78 is 0. The molecule has 1 aliphatic carbocycles. The molecule has 0 spiro atoms. The maximum absolute atomic E-state index is 4.36. The zero-order valence-corrected chi connectivity index (χ0v) is 6.89. The molecule has 0 atom stereocenters. The van der Waals surface area contributed by atoms with Crippen molar-refractivity contribution in [1.82, 2.24) is 4.98 Å². The quantitative estimate of drug-likeness (QED) is 0.546. The maximum atomic E-state index is 4.36. The maximum Gasteiger partial charge on any atom is 0.0516 e. The predicted octanol–water partition coefficient (Wildman–Crippen LogP) is 2.35. The Balaban J connectivity index is 2.54. The van der Waals surface area contributed by atoms with Gasteiger partial charge in [-0.15, -0.1) is 0 Å². The van der Waals surface area contributed by atoms with Crippen molar-refractivity contribution in [2.24, 2.45) is 0 Å². The molecule has 2 rings (SSSR count). The highest BCUT2D eigenvalue weighted by Gasteiger charge is 2.09. The first-order valence-electron chi connectivity index (χ1n) is 3.88. The molecule has 1 aromatic heterocycles. The highest BCUT2D eigenvalue weighted by Crippen LogP contribution is 2.22. The van der Waals surface area contributed by atoms with Crippen LogP contribution in [-0.4, -0.2) is 4.98 Å². The minimum Gasteiger partial charge on any atom is -0.260 e. The van der Waals surface area contributed by atoms with E-state index in [2.05, 4.69) is 31.0 Å². The van der Waals surface area contributed by atoms with Gasteiger partial charge < -0.3 is 0 Å². The van der Waals surface area contributed by atoms with Crippen molar-refractivity contribution in [2.45, 2.75) is 20.3 Å². The molecule has 0 saturated heterocycles. The van der Waals surface area contributed by atoms with E-state index in [0.29, 0.717) is 0 Å². The Labute approximate surface area is 66.8 Å². The second kappa shape index (κ2) is 2.19. The number of nitrogens with zero attached hydrogens (tertiary/aromatic N) is 1. The fourth-order valence-electron chi connectivity index (χ4n) is 1.47. The van der Waals surface area contributed by atoms with E-state index in [1.54, 1.807) is 0 Å². The smallest absolute Gasteiger partial charge is 0.0516 e. The van der Waals surface area contributed by atoms with Gasteiger partial charge in [0.05, 0.1) is 5.69 Å². The third-order valence-corrected chi connectivity index (χ3v) is 1.99. The second-order valence-corrected chi connectivity index (χ2v) is 3.22. The highest BCUT2D eigenvalue weighted by atomic mass is 14.7. The summed E-state index contributed by atoms with van der Waals surface area (Å²) in [5.74, 6) is 0. The van der Waals surface area contributed by atoms with Gasteiger partial charge in [-0.3, -0.25) is 4.98 Å². The van der Waals surface area contributed by atoms with Gasteiger partial charge in [-0.1, -0.05) is 11.6 Å². The predicted molar refractivity (Wildman–Crippen MR) is 46.3 cm³/mol. The molecule has 0 aromatic carbocycles. The van der Waals surface area contributed by atoms with E-state index in [9.17, 15) is 0 Å². The molecule has 0 N–H and O–H groups in total. The minimum atomic E-state index is 1.04. The lowest BCUT2D eigenvalue weighted by Crippen LogP contribution is -1.88. The average Bonchev–Trinajstić information content (AvgIpc) is 2.27. The summed E-state index contributed by atoms with van der Waals surface area (Å²) in [6.45, 7) is 4.23. The third kappa shape index (κ3) is 1.07. The van der Waals surface area contributed by atoms with E-state index >= 15 is 0 Å². The molecule has 1 heterocycles. The van der Waals surface area contributed by atoms with Crippen LogP contribution in [0.3, 0.4) is 0 Å². The van der Waals surface area contributed by atoms with Crippen LogP contribution in [0.15, 0.2) is 17.8 Å². The Hall–Kier alpha value is -1.11. The van der Waals surface area contributed by atoms with Crippen LogP contribution in [0.4, 0.5) is 0 Å². The summed E-state index contributed by atoms with van der Waals surface area (Å²) in [6, 6.07) is 2.19. The van der Waals surface area contributed by atoms with Crippen molar-refractivity contribution in [3.63, 3.8) is 0 Å². The van der Waals surface area contributed by atoms with Gasteiger partial charge in [0, 0.05) is 12.6 Å². The molecule has 0 fully saturated rings. The zero-order valence-electron chi connectivity index (χ0n) is 6.89. The van der Waals surface area contributed by atoms with Crippen molar-refractivity contribution < 1.29 is 0 Å². The number of pyridine rings is 1. The molecule has 0 radical (unpaired) electrons. The molecule has 1 aliphatic rings. The van der Waals surface area contributed by atoms with Crippen LogP contribution >= 0.6 is 0 Å². The number of aromatic nitrogens is 1. The van der Waals surface area contributed by atoms with E-state index in [4.69, 9.17) is 0 Å². The van der Waals surface area contributed by atoms with Crippen molar-refractivity contribution >= 4 is 6.08 Å². The van der Waals surface area contributed by atoms with Gasteiger partial charge in [-0.25, -0.2) is 0 Å². The fourth-order valence-corrected chi connectivity index (χ4v) is 1.47. The van der Waals surface area contributed by atoms with Crippen LogP contribution in [0.1, 0.15) is 23.7 Å². The van der Waals surface area contributed by atoms with Crippen molar-refractivity contribution in [3.05, 3.63) is 34.7 Å². The fraction of sp³-hybridized carbons (Fsp3) is 0.300. The number of rotatable bonds is 0. The SMILES string of the molecule is CC1=Cc2cc(C)cnc2C1. The molecule has 1 heteroatoms. The molecule has 1 nitrogen and oxygen atoms in total. The van der Waals surface area contributed by atoms with Gasteiger partial charge in [0.15, 0.2) is 0 Å². The Morgan fingerprint density at radius 1 is 1.36 bits per heavy atom. The Bertz CT molecular complexity index is 324. The van der Waals surface area contributed by atoms with Crippen LogP contribution in [0.5, 0.6) is 0 Å². The monoisotopic (exact) mass is 145 g/mol. The number of allylic oxidation sites excluding steroid dienone is 1. The molecule has 0 saturated carbocycles. The van der Waals surface area contributed by atoms with Crippen LogP contribution in [0.25, 0.3) is 6.08 Å². The number of fused-ring (bicyclic) bond motifs is 1.